The van der Waals surface area contributed by atoms with Crippen LogP contribution in [0.5, 0.6) is 5.88 Å². The highest BCUT2D eigenvalue weighted by Gasteiger charge is 2.08. The van der Waals surface area contributed by atoms with E-state index < -0.39 is 0 Å². The highest BCUT2D eigenvalue weighted by Crippen LogP contribution is 2.20. The number of hydrogen-bond acceptors (Lipinski definition) is 4. The summed E-state index contributed by atoms with van der Waals surface area (Å²) in [4.78, 5) is 8.30. The molecule has 0 aliphatic carbocycles. The van der Waals surface area contributed by atoms with Crippen molar-refractivity contribution in [3.8, 4) is 5.88 Å². The molecule has 0 amide bonds. The van der Waals surface area contributed by atoms with Crippen molar-refractivity contribution in [2.75, 3.05) is 11.9 Å². The first-order chi connectivity index (χ1) is 7.19. The Kier molecular flexibility index (Phi) is 4.34. The second-order valence-electron chi connectivity index (χ2n) is 3.54. The normalized spacial score (nSPS) is 12.3. The second kappa shape index (κ2) is 5.53. The summed E-state index contributed by atoms with van der Waals surface area (Å²) in [6, 6.07) is 0.410. The van der Waals surface area contributed by atoms with Crippen molar-refractivity contribution in [1.82, 2.24) is 9.97 Å². The average Bonchev–Trinajstić information content (AvgIpc) is 2.24. The molecule has 0 aromatic carbocycles. The molecule has 0 fully saturated rings. The van der Waals surface area contributed by atoms with Crippen LogP contribution in [0, 0.1) is 6.92 Å². The molecule has 15 heavy (non-hydrogen) atoms. The van der Waals surface area contributed by atoms with Gasteiger partial charge in [-0.15, -0.1) is 0 Å². The smallest absolute Gasteiger partial charge is 0.221 e. The molecule has 1 heterocycles. The molecule has 1 aromatic rings. The zero-order chi connectivity index (χ0) is 11.3. The quantitative estimate of drug-likeness (QED) is 0.809. The van der Waals surface area contributed by atoms with Crippen molar-refractivity contribution < 1.29 is 4.74 Å². The lowest BCUT2D eigenvalue weighted by molar-refractivity contribution is 0.324. The fourth-order valence-electron chi connectivity index (χ4n) is 1.20. The van der Waals surface area contributed by atoms with Crippen LogP contribution < -0.4 is 10.1 Å². The minimum absolute atomic E-state index is 0.410. The van der Waals surface area contributed by atoms with E-state index in [-0.39, 0.29) is 0 Å². The minimum atomic E-state index is 0.410. The molecule has 0 saturated carbocycles. The number of hydrogen-bond donors (Lipinski definition) is 1. The molecule has 0 aliphatic rings. The summed E-state index contributed by atoms with van der Waals surface area (Å²) in [6.45, 7) is 8.80. The van der Waals surface area contributed by atoms with Crippen molar-refractivity contribution in [1.29, 1.82) is 0 Å². The van der Waals surface area contributed by atoms with Gasteiger partial charge >= 0.3 is 0 Å². The van der Waals surface area contributed by atoms with Crippen molar-refractivity contribution in [3.63, 3.8) is 0 Å². The number of nitrogens with zero attached hydrogens (tertiary/aromatic N) is 2. The van der Waals surface area contributed by atoms with Crippen LogP contribution in [0.25, 0.3) is 0 Å². The number of aromatic nitrogens is 2. The highest BCUT2D eigenvalue weighted by molar-refractivity contribution is 5.48. The van der Waals surface area contributed by atoms with Crippen LogP contribution in [0.2, 0.25) is 0 Å². The van der Waals surface area contributed by atoms with Gasteiger partial charge in [0.2, 0.25) is 5.88 Å². The Hall–Kier alpha value is -1.32. The van der Waals surface area contributed by atoms with Gasteiger partial charge < -0.3 is 10.1 Å². The van der Waals surface area contributed by atoms with Gasteiger partial charge in [-0.25, -0.2) is 9.97 Å². The van der Waals surface area contributed by atoms with E-state index in [1.54, 1.807) is 0 Å². The Morgan fingerprint density at radius 3 is 2.73 bits per heavy atom. The summed E-state index contributed by atoms with van der Waals surface area (Å²) in [7, 11) is 0. The van der Waals surface area contributed by atoms with Crippen molar-refractivity contribution in [2.24, 2.45) is 0 Å². The lowest BCUT2D eigenvalue weighted by Gasteiger charge is -2.15. The molecule has 1 N–H and O–H groups in total. The minimum Gasteiger partial charge on any atom is -0.478 e. The molecule has 1 unspecified atom stereocenters. The fraction of sp³-hybridized carbons (Fsp3) is 0.636. The van der Waals surface area contributed by atoms with E-state index in [1.165, 1.54) is 6.33 Å². The van der Waals surface area contributed by atoms with Gasteiger partial charge in [-0.05, 0) is 27.2 Å². The number of rotatable bonds is 5. The molecule has 1 atom stereocenters. The lowest BCUT2D eigenvalue weighted by atomic mass is 10.2. The lowest BCUT2D eigenvalue weighted by Crippen LogP contribution is -2.16. The summed E-state index contributed by atoms with van der Waals surface area (Å²) < 4.78 is 5.40. The van der Waals surface area contributed by atoms with Crippen LogP contribution in [0.1, 0.15) is 32.8 Å². The van der Waals surface area contributed by atoms with E-state index in [0.29, 0.717) is 18.5 Å². The largest absolute Gasteiger partial charge is 0.478 e. The van der Waals surface area contributed by atoms with Crippen molar-refractivity contribution in [3.05, 3.63) is 11.9 Å². The van der Waals surface area contributed by atoms with Gasteiger partial charge in [-0.3, -0.25) is 0 Å². The molecule has 84 valence electrons. The molecular weight excluding hydrogens is 190 g/mol. The third-order valence-corrected chi connectivity index (χ3v) is 2.31. The number of nitrogens with one attached hydrogen (secondary N) is 1. The highest BCUT2D eigenvalue weighted by atomic mass is 16.5. The molecular formula is C11H19N3O. The molecule has 0 radical (unpaired) electrons. The Labute approximate surface area is 91.1 Å². The maximum Gasteiger partial charge on any atom is 0.221 e. The van der Waals surface area contributed by atoms with Crippen molar-refractivity contribution in [2.45, 2.75) is 40.2 Å². The van der Waals surface area contributed by atoms with Crippen LogP contribution in [-0.2, 0) is 0 Å². The Morgan fingerprint density at radius 1 is 1.40 bits per heavy atom. The van der Waals surface area contributed by atoms with E-state index >= 15 is 0 Å². The van der Waals surface area contributed by atoms with Crippen LogP contribution >= 0.6 is 0 Å². The molecule has 1 rings (SSSR count). The second-order valence-corrected chi connectivity index (χ2v) is 3.54. The molecule has 0 bridgehead atoms. The summed E-state index contributed by atoms with van der Waals surface area (Å²) in [5, 5.41) is 3.33. The number of anilines is 1. The maximum absolute atomic E-state index is 5.40. The number of ether oxygens (including phenoxy) is 1. The average molecular weight is 209 g/mol. The predicted octanol–water partition coefficient (Wildman–Crippen LogP) is 2.39. The first kappa shape index (κ1) is 11.8. The third kappa shape index (κ3) is 3.08. The van der Waals surface area contributed by atoms with E-state index in [9.17, 15) is 0 Å². The van der Waals surface area contributed by atoms with Crippen LogP contribution in [-0.4, -0.2) is 22.6 Å². The van der Waals surface area contributed by atoms with E-state index in [2.05, 4.69) is 29.1 Å². The van der Waals surface area contributed by atoms with E-state index in [0.717, 1.165) is 17.8 Å². The molecule has 4 nitrogen and oxygen atoms in total. The van der Waals surface area contributed by atoms with Gasteiger partial charge in [0.15, 0.2) is 0 Å². The predicted molar refractivity (Wildman–Crippen MR) is 61.3 cm³/mol. The molecule has 1 aromatic heterocycles. The maximum atomic E-state index is 5.40. The fourth-order valence-corrected chi connectivity index (χ4v) is 1.20. The third-order valence-electron chi connectivity index (χ3n) is 2.31. The zero-order valence-corrected chi connectivity index (χ0v) is 9.87. The first-order valence-corrected chi connectivity index (χ1v) is 5.39. The van der Waals surface area contributed by atoms with Gasteiger partial charge in [-0.1, -0.05) is 6.92 Å². The van der Waals surface area contributed by atoms with Gasteiger partial charge in [0.05, 0.1) is 12.2 Å². The summed E-state index contributed by atoms with van der Waals surface area (Å²) in [5.74, 6) is 1.53. The SMILES string of the molecule is CCOc1ncnc(NC(C)CC)c1C. The summed E-state index contributed by atoms with van der Waals surface area (Å²) in [5.41, 5.74) is 0.972. The topological polar surface area (TPSA) is 47.0 Å². The standard InChI is InChI=1S/C11H19N3O/c1-5-8(3)14-10-9(4)11(15-6-2)13-7-12-10/h7-8H,5-6H2,1-4H3,(H,12,13,14). The van der Waals surface area contributed by atoms with E-state index in [1.807, 2.05) is 13.8 Å². The van der Waals surface area contributed by atoms with Crippen LogP contribution in [0.15, 0.2) is 6.33 Å². The Bertz CT molecular complexity index is 315. The van der Waals surface area contributed by atoms with Gasteiger partial charge in [0, 0.05) is 6.04 Å². The van der Waals surface area contributed by atoms with Gasteiger partial charge in [0.1, 0.15) is 12.1 Å². The molecule has 4 heteroatoms. The summed E-state index contributed by atoms with van der Waals surface area (Å²) >= 11 is 0. The summed E-state index contributed by atoms with van der Waals surface area (Å²) in [6.07, 6.45) is 2.59. The van der Waals surface area contributed by atoms with Crippen molar-refractivity contribution >= 4 is 5.82 Å². The molecule has 0 spiro atoms. The zero-order valence-electron chi connectivity index (χ0n) is 9.87. The molecule has 0 aliphatic heterocycles. The molecule has 0 saturated heterocycles. The van der Waals surface area contributed by atoms with Crippen LogP contribution in [0.3, 0.4) is 0 Å². The van der Waals surface area contributed by atoms with Gasteiger partial charge in [0.25, 0.3) is 0 Å². The Balaban J connectivity index is 2.84. The van der Waals surface area contributed by atoms with Crippen LogP contribution in [0.4, 0.5) is 5.82 Å². The monoisotopic (exact) mass is 209 g/mol. The van der Waals surface area contributed by atoms with E-state index in [4.69, 9.17) is 4.74 Å². The first-order valence-electron chi connectivity index (χ1n) is 5.39. The Morgan fingerprint density at radius 2 is 2.13 bits per heavy atom. The van der Waals surface area contributed by atoms with Gasteiger partial charge in [-0.2, -0.15) is 0 Å².